The van der Waals surface area contributed by atoms with Crippen LogP contribution in [0.2, 0.25) is 0 Å². The van der Waals surface area contributed by atoms with Crippen molar-refractivity contribution >= 4 is 11.9 Å². The van der Waals surface area contributed by atoms with Gasteiger partial charge in [0.05, 0.1) is 37.1 Å². The molecule has 0 unspecified atom stereocenters. The monoisotopic (exact) mass is 473 g/mol. The van der Waals surface area contributed by atoms with E-state index in [1.54, 1.807) is 21.7 Å². The summed E-state index contributed by atoms with van der Waals surface area (Å²) in [5.74, 6) is -0.927. The van der Waals surface area contributed by atoms with E-state index >= 15 is 0 Å². The van der Waals surface area contributed by atoms with Crippen LogP contribution >= 0.6 is 0 Å². The molecular weight excluding hydrogens is 438 g/mol. The Balaban J connectivity index is 1.74. The molecule has 2 heterocycles. The molecule has 1 aliphatic rings. The summed E-state index contributed by atoms with van der Waals surface area (Å²) in [5.41, 5.74) is 2.00. The number of aliphatic hydroxyl groups excluding tert-OH is 1. The number of likely N-dealkylation sites (N-methyl/N-ethyl adjacent to an activating group) is 1. The Morgan fingerprint density at radius 1 is 1.32 bits per heavy atom. The summed E-state index contributed by atoms with van der Waals surface area (Å²) in [6, 6.07) is 6.56. The Labute approximate surface area is 200 Å². The molecule has 186 valence electrons. The largest absolute Gasteiger partial charge is 0.478 e. The molecule has 0 radical (unpaired) electrons. The third-order valence-electron chi connectivity index (χ3n) is 6.19. The van der Waals surface area contributed by atoms with Crippen LogP contribution in [-0.4, -0.2) is 85.8 Å². The van der Waals surface area contributed by atoms with Crippen molar-refractivity contribution in [2.75, 3.05) is 26.7 Å². The molecule has 2 N–H and O–H groups in total. The Kier molecular flexibility index (Phi) is 9.14. The van der Waals surface area contributed by atoms with Crippen molar-refractivity contribution in [3.05, 3.63) is 47.3 Å². The van der Waals surface area contributed by atoms with E-state index in [2.05, 4.69) is 22.1 Å². The van der Waals surface area contributed by atoms with Crippen LogP contribution in [0.3, 0.4) is 0 Å². The first-order valence-electron chi connectivity index (χ1n) is 11.7. The molecule has 0 aliphatic carbocycles. The number of carboxylic acid groups (broad SMARTS) is 1. The molecule has 0 fully saturated rings. The summed E-state index contributed by atoms with van der Waals surface area (Å²) in [6.07, 6.45) is 2.68. The summed E-state index contributed by atoms with van der Waals surface area (Å²) in [6.45, 7) is 6.45. The van der Waals surface area contributed by atoms with Gasteiger partial charge in [0.2, 0.25) is 5.91 Å². The Morgan fingerprint density at radius 2 is 2.06 bits per heavy atom. The van der Waals surface area contributed by atoms with Crippen LogP contribution in [0, 0.1) is 5.92 Å². The molecule has 1 amide bonds. The second-order valence-electron chi connectivity index (χ2n) is 9.18. The van der Waals surface area contributed by atoms with Gasteiger partial charge in [-0.1, -0.05) is 24.3 Å². The second-order valence-corrected chi connectivity index (χ2v) is 9.18. The molecule has 10 nitrogen and oxygen atoms in total. The number of amides is 1. The number of aromatic carboxylic acids is 1. The van der Waals surface area contributed by atoms with Gasteiger partial charge < -0.3 is 19.8 Å². The highest BCUT2D eigenvalue weighted by molar-refractivity contribution is 5.87. The quantitative estimate of drug-likeness (QED) is 0.623. The number of aryl methyl sites for hydroxylation is 1. The Morgan fingerprint density at radius 3 is 2.74 bits per heavy atom. The van der Waals surface area contributed by atoms with E-state index in [4.69, 9.17) is 9.84 Å². The lowest BCUT2D eigenvalue weighted by Crippen LogP contribution is -2.47. The van der Waals surface area contributed by atoms with Gasteiger partial charge in [-0.25, -0.2) is 4.79 Å². The van der Waals surface area contributed by atoms with Gasteiger partial charge in [-0.05, 0) is 38.1 Å². The highest BCUT2D eigenvalue weighted by Gasteiger charge is 2.28. The predicted octanol–water partition coefficient (Wildman–Crippen LogP) is 1.63. The molecule has 2 aromatic rings. The summed E-state index contributed by atoms with van der Waals surface area (Å²) in [7, 11) is 1.98. The van der Waals surface area contributed by atoms with Crippen molar-refractivity contribution in [3.63, 3.8) is 0 Å². The van der Waals surface area contributed by atoms with Crippen molar-refractivity contribution in [2.45, 2.75) is 58.5 Å². The first-order chi connectivity index (χ1) is 16.3. The minimum Gasteiger partial charge on any atom is -0.478 e. The number of rotatable bonds is 7. The van der Waals surface area contributed by atoms with E-state index in [9.17, 15) is 14.7 Å². The molecule has 1 aromatic heterocycles. The summed E-state index contributed by atoms with van der Waals surface area (Å²) in [5, 5.41) is 27.1. The molecule has 0 saturated heterocycles. The van der Waals surface area contributed by atoms with Crippen LogP contribution in [0.15, 0.2) is 30.5 Å². The van der Waals surface area contributed by atoms with Gasteiger partial charge in [-0.15, -0.1) is 5.10 Å². The minimum atomic E-state index is -0.945. The van der Waals surface area contributed by atoms with Gasteiger partial charge in [-0.2, -0.15) is 0 Å². The van der Waals surface area contributed by atoms with E-state index < -0.39 is 5.97 Å². The highest BCUT2D eigenvalue weighted by Crippen LogP contribution is 2.18. The van der Waals surface area contributed by atoms with Crippen molar-refractivity contribution < 1.29 is 24.5 Å². The number of carbonyl (C=O) groups excluding carboxylic acids is 1. The maximum absolute atomic E-state index is 12.9. The van der Waals surface area contributed by atoms with E-state index in [0.29, 0.717) is 45.6 Å². The van der Waals surface area contributed by atoms with Crippen LogP contribution in [0.5, 0.6) is 0 Å². The number of benzene rings is 1. The number of nitrogens with zero attached hydrogens (tertiary/aromatic N) is 5. The van der Waals surface area contributed by atoms with Crippen molar-refractivity contribution in [2.24, 2.45) is 5.92 Å². The van der Waals surface area contributed by atoms with Gasteiger partial charge in [0.15, 0.2) is 0 Å². The number of carbonyl (C=O) groups is 2. The van der Waals surface area contributed by atoms with Crippen LogP contribution < -0.4 is 0 Å². The first kappa shape index (κ1) is 25.8. The van der Waals surface area contributed by atoms with Crippen LogP contribution in [0.25, 0.3) is 0 Å². The van der Waals surface area contributed by atoms with Gasteiger partial charge in [0.1, 0.15) is 5.69 Å². The number of aromatic nitrogens is 3. The van der Waals surface area contributed by atoms with E-state index in [1.807, 2.05) is 32.3 Å². The molecule has 34 heavy (non-hydrogen) atoms. The predicted molar refractivity (Wildman–Crippen MR) is 125 cm³/mol. The maximum Gasteiger partial charge on any atom is 0.335 e. The molecule has 0 saturated carbocycles. The maximum atomic E-state index is 12.9. The topological polar surface area (TPSA) is 121 Å². The molecule has 3 rings (SSSR count). The standard InChI is InChI=1S/C24H35N5O5/c1-17-11-29(18(2)15-30)23(31)5-4-10-28-13-21(25-26-28)16-34-22(17)14-27(3)12-19-6-8-20(9-7-19)24(32)33/h6-9,13,17-18,22,30H,4-5,10-12,14-16H2,1-3H3,(H,32,33)/t17-,18+,22-/m0/s1. The van der Waals surface area contributed by atoms with E-state index in [1.165, 1.54) is 0 Å². The third-order valence-corrected chi connectivity index (χ3v) is 6.19. The highest BCUT2D eigenvalue weighted by atomic mass is 16.5. The average molecular weight is 474 g/mol. The fraction of sp³-hybridized carbons (Fsp3) is 0.583. The third kappa shape index (κ3) is 7.09. The number of ether oxygens (including phenoxy) is 1. The fourth-order valence-electron chi connectivity index (χ4n) is 4.13. The van der Waals surface area contributed by atoms with Crippen LogP contribution in [0.4, 0.5) is 0 Å². The summed E-state index contributed by atoms with van der Waals surface area (Å²) >= 11 is 0. The molecule has 1 aliphatic heterocycles. The lowest BCUT2D eigenvalue weighted by atomic mass is 10.0. The van der Waals surface area contributed by atoms with Crippen LogP contribution in [0.1, 0.15) is 48.3 Å². The fourth-order valence-corrected chi connectivity index (χ4v) is 4.13. The second kappa shape index (κ2) is 12.0. The molecule has 3 atom stereocenters. The zero-order valence-corrected chi connectivity index (χ0v) is 20.1. The SMILES string of the molecule is C[C@H](CO)N1C[C@H](C)[C@H](CN(C)Cc2ccc(C(=O)O)cc2)OCc2cn(nn2)CCCC1=O. The molecule has 0 spiro atoms. The number of hydrogen-bond donors (Lipinski definition) is 2. The lowest BCUT2D eigenvalue weighted by molar-refractivity contribution is -0.136. The number of fused-ring (bicyclic) bond motifs is 2. The van der Waals surface area contributed by atoms with Crippen molar-refractivity contribution in [1.82, 2.24) is 24.8 Å². The zero-order valence-electron chi connectivity index (χ0n) is 20.1. The van der Waals surface area contributed by atoms with E-state index in [-0.39, 0.29) is 36.1 Å². The normalized spacial score (nSPS) is 21.0. The van der Waals surface area contributed by atoms with Gasteiger partial charge in [-0.3, -0.25) is 14.4 Å². The lowest BCUT2D eigenvalue weighted by Gasteiger charge is -2.35. The molecule has 10 heteroatoms. The van der Waals surface area contributed by atoms with E-state index in [0.717, 1.165) is 11.3 Å². The number of carboxylic acids is 1. The van der Waals surface area contributed by atoms with Gasteiger partial charge >= 0.3 is 5.97 Å². The van der Waals surface area contributed by atoms with Crippen molar-refractivity contribution in [1.29, 1.82) is 0 Å². The molecule has 2 bridgehead atoms. The number of hydrogen-bond acceptors (Lipinski definition) is 7. The summed E-state index contributed by atoms with van der Waals surface area (Å²) < 4.78 is 8.02. The van der Waals surface area contributed by atoms with Crippen molar-refractivity contribution in [3.8, 4) is 0 Å². The molecule has 1 aromatic carbocycles. The minimum absolute atomic E-state index is 0.00517. The summed E-state index contributed by atoms with van der Waals surface area (Å²) in [4.78, 5) is 27.9. The zero-order chi connectivity index (χ0) is 24.7. The average Bonchev–Trinajstić information content (AvgIpc) is 3.27. The molecular formula is C24H35N5O5. The Bertz CT molecular complexity index is 947. The Hall–Kier alpha value is -2.82. The number of aliphatic hydroxyl groups is 1. The van der Waals surface area contributed by atoms with Gasteiger partial charge in [0.25, 0.3) is 0 Å². The van der Waals surface area contributed by atoms with Crippen LogP contribution in [-0.2, 0) is 29.2 Å². The first-order valence-corrected chi connectivity index (χ1v) is 11.7. The smallest absolute Gasteiger partial charge is 0.335 e. The van der Waals surface area contributed by atoms with Gasteiger partial charge in [0, 0.05) is 38.5 Å².